The van der Waals surface area contributed by atoms with E-state index in [2.05, 4.69) is 31.8 Å². The van der Waals surface area contributed by atoms with Crippen LogP contribution in [0, 0.1) is 0 Å². The Morgan fingerprint density at radius 1 is 1.21 bits per heavy atom. The van der Waals surface area contributed by atoms with Gasteiger partial charge in [-0.25, -0.2) is 0 Å². The fourth-order valence-electron chi connectivity index (χ4n) is 1.13. The second-order valence-electron chi connectivity index (χ2n) is 3.18. The molecule has 0 fully saturated rings. The molecule has 0 radical (unpaired) electrons. The SMILES string of the molecule is CC/C=C\C(=NCC)OC(CC)CC. The van der Waals surface area contributed by atoms with Crippen molar-refractivity contribution in [2.45, 2.75) is 53.1 Å². The molecule has 0 spiro atoms. The largest absolute Gasteiger partial charge is 0.475 e. The standard InChI is InChI=1S/C12H23NO/c1-5-9-10-12(13-8-4)14-11(6-2)7-3/h9-11H,5-8H2,1-4H3/b10-9-,13-12?. The third kappa shape index (κ3) is 5.79. The molecule has 0 unspecified atom stereocenters. The van der Waals surface area contributed by atoms with Crippen molar-refractivity contribution in [1.82, 2.24) is 0 Å². The van der Waals surface area contributed by atoms with Crippen molar-refractivity contribution in [1.29, 1.82) is 0 Å². The van der Waals surface area contributed by atoms with Crippen LogP contribution in [0.15, 0.2) is 17.1 Å². The van der Waals surface area contributed by atoms with Gasteiger partial charge in [0.1, 0.15) is 0 Å². The van der Waals surface area contributed by atoms with Crippen LogP contribution < -0.4 is 0 Å². The van der Waals surface area contributed by atoms with Gasteiger partial charge in [0.2, 0.25) is 5.90 Å². The van der Waals surface area contributed by atoms with E-state index in [1.807, 2.05) is 13.0 Å². The van der Waals surface area contributed by atoms with Crippen LogP contribution in [0.3, 0.4) is 0 Å². The molecule has 2 nitrogen and oxygen atoms in total. The summed E-state index contributed by atoms with van der Waals surface area (Å²) in [5, 5.41) is 0. The van der Waals surface area contributed by atoms with E-state index in [-0.39, 0.29) is 0 Å². The van der Waals surface area contributed by atoms with E-state index >= 15 is 0 Å². The Balaban J connectivity index is 4.21. The summed E-state index contributed by atoms with van der Waals surface area (Å²) in [7, 11) is 0. The Bertz CT molecular complexity index is 181. The van der Waals surface area contributed by atoms with Gasteiger partial charge >= 0.3 is 0 Å². The number of nitrogens with zero attached hydrogens (tertiary/aromatic N) is 1. The van der Waals surface area contributed by atoms with Crippen LogP contribution in [-0.2, 0) is 4.74 Å². The Morgan fingerprint density at radius 3 is 2.29 bits per heavy atom. The van der Waals surface area contributed by atoms with Gasteiger partial charge in [0.25, 0.3) is 0 Å². The van der Waals surface area contributed by atoms with Crippen molar-refractivity contribution < 1.29 is 4.74 Å². The molecular weight excluding hydrogens is 174 g/mol. The van der Waals surface area contributed by atoms with E-state index in [9.17, 15) is 0 Å². The van der Waals surface area contributed by atoms with Crippen LogP contribution in [0.5, 0.6) is 0 Å². The van der Waals surface area contributed by atoms with Gasteiger partial charge in [-0.15, -0.1) is 0 Å². The first kappa shape index (κ1) is 13.2. The molecule has 0 saturated heterocycles. The van der Waals surface area contributed by atoms with Gasteiger partial charge in [-0.3, -0.25) is 4.99 Å². The van der Waals surface area contributed by atoms with Crippen LogP contribution in [0.4, 0.5) is 0 Å². The van der Waals surface area contributed by atoms with Gasteiger partial charge < -0.3 is 4.74 Å². The summed E-state index contributed by atoms with van der Waals surface area (Å²) < 4.78 is 5.75. The van der Waals surface area contributed by atoms with E-state index in [1.165, 1.54) is 0 Å². The van der Waals surface area contributed by atoms with Gasteiger partial charge in [0.05, 0.1) is 6.10 Å². The molecule has 0 amide bonds. The molecule has 14 heavy (non-hydrogen) atoms. The third-order valence-electron chi connectivity index (χ3n) is 2.01. The lowest BCUT2D eigenvalue weighted by Gasteiger charge is -2.15. The van der Waals surface area contributed by atoms with Crippen molar-refractivity contribution in [2.24, 2.45) is 4.99 Å². The van der Waals surface area contributed by atoms with Crippen LogP contribution in [0.25, 0.3) is 0 Å². The number of rotatable bonds is 6. The Labute approximate surface area is 88.1 Å². The molecule has 0 rings (SSSR count). The summed E-state index contributed by atoms with van der Waals surface area (Å²) in [6, 6.07) is 0. The zero-order valence-electron chi connectivity index (χ0n) is 9.92. The fraction of sp³-hybridized carbons (Fsp3) is 0.750. The number of ether oxygens (including phenoxy) is 1. The summed E-state index contributed by atoms with van der Waals surface area (Å²) in [4.78, 5) is 4.30. The monoisotopic (exact) mass is 197 g/mol. The number of hydrogen-bond donors (Lipinski definition) is 0. The topological polar surface area (TPSA) is 21.6 Å². The van der Waals surface area contributed by atoms with E-state index in [0.29, 0.717) is 6.10 Å². The van der Waals surface area contributed by atoms with E-state index in [0.717, 1.165) is 31.7 Å². The lowest BCUT2D eigenvalue weighted by molar-refractivity contribution is 0.181. The minimum Gasteiger partial charge on any atom is -0.475 e. The summed E-state index contributed by atoms with van der Waals surface area (Å²) >= 11 is 0. The Morgan fingerprint density at radius 2 is 1.86 bits per heavy atom. The highest BCUT2D eigenvalue weighted by molar-refractivity contribution is 5.87. The van der Waals surface area contributed by atoms with Crippen LogP contribution in [-0.4, -0.2) is 18.5 Å². The highest BCUT2D eigenvalue weighted by Gasteiger charge is 2.05. The van der Waals surface area contributed by atoms with Crippen molar-refractivity contribution in [3.8, 4) is 0 Å². The lowest BCUT2D eigenvalue weighted by atomic mass is 10.2. The van der Waals surface area contributed by atoms with E-state index in [1.54, 1.807) is 0 Å². The maximum Gasteiger partial charge on any atom is 0.208 e. The smallest absolute Gasteiger partial charge is 0.208 e. The average Bonchev–Trinajstić information content (AvgIpc) is 2.22. The molecule has 0 aromatic rings. The second kappa shape index (κ2) is 8.79. The van der Waals surface area contributed by atoms with Gasteiger partial charge in [-0.1, -0.05) is 26.8 Å². The number of aliphatic imine (C=N–C) groups is 1. The minimum atomic E-state index is 0.307. The number of hydrogen-bond acceptors (Lipinski definition) is 2. The quantitative estimate of drug-likeness (QED) is 0.471. The summed E-state index contributed by atoms with van der Waals surface area (Å²) in [5.41, 5.74) is 0. The van der Waals surface area contributed by atoms with Crippen molar-refractivity contribution in [3.63, 3.8) is 0 Å². The lowest BCUT2D eigenvalue weighted by Crippen LogP contribution is -2.15. The summed E-state index contributed by atoms with van der Waals surface area (Å²) in [5.74, 6) is 0.781. The molecular formula is C12H23NO. The van der Waals surface area contributed by atoms with Gasteiger partial charge in [0, 0.05) is 6.54 Å². The zero-order valence-corrected chi connectivity index (χ0v) is 9.92. The van der Waals surface area contributed by atoms with Gasteiger partial charge in [-0.2, -0.15) is 0 Å². The summed E-state index contributed by atoms with van der Waals surface area (Å²) in [6.07, 6.45) is 7.47. The molecule has 2 heteroatoms. The first-order valence-corrected chi connectivity index (χ1v) is 5.65. The fourth-order valence-corrected chi connectivity index (χ4v) is 1.13. The number of allylic oxidation sites excluding steroid dienone is 1. The van der Waals surface area contributed by atoms with Crippen LogP contribution in [0.1, 0.15) is 47.0 Å². The predicted octanol–water partition coefficient (Wildman–Crippen LogP) is 3.58. The Kier molecular flexibility index (Phi) is 8.30. The molecule has 0 bridgehead atoms. The molecule has 0 atom stereocenters. The molecule has 0 aliphatic heterocycles. The predicted molar refractivity (Wildman–Crippen MR) is 62.9 cm³/mol. The maximum absolute atomic E-state index is 5.75. The highest BCUT2D eigenvalue weighted by atomic mass is 16.5. The second-order valence-corrected chi connectivity index (χ2v) is 3.18. The molecule has 0 heterocycles. The molecule has 0 N–H and O–H groups in total. The molecule has 0 aliphatic rings. The highest BCUT2D eigenvalue weighted by Crippen LogP contribution is 2.04. The van der Waals surface area contributed by atoms with Crippen molar-refractivity contribution in [2.75, 3.05) is 6.54 Å². The van der Waals surface area contributed by atoms with Crippen molar-refractivity contribution >= 4 is 5.90 Å². The third-order valence-corrected chi connectivity index (χ3v) is 2.01. The van der Waals surface area contributed by atoms with E-state index < -0.39 is 0 Å². The molecule has 82 valence electrons. The molecule has 0 saturated carbocycles. The first-order valence-electron chi connectivity index (χ1n) is 5.65. The van der Waals surface area contributed by atoms with Crippen molar-refractivity contribution in [3.05, 3.63) is 12.2 Å². The molecule has 0 aromatic carbocycles. The summed E-state index contributed by atoms with van der Waals surface area (Å²) in [6.45, 7) is 9.19. The molecule has 0 aliphatic carbocycles. The average molecular weight is 197 g/mol. The Hall–Kier alpha value is -0.790. The van der Waals surface area contributed by atoms with Gasteiger partial charge in [0.15, 0.2) is 0 Å². The minimum absolute atomic E-state index is 0.307. The normalized spacial score (nSPS) is 12.8. The zero-order chi connectivity index (χ0) is 10.8. The van der Waals surface area contributed by atoms with Crippen LogP contribution in [0.2, 0.25) is 0 Å². The maximum atomic E-state index is 5.75. The van der Waals surface area contributed by atoms with E-state index in [4.69, 9.17) is 4.74 Å². The van der Waals surface area contributed by atoms with Gasteiger partial charge in [-0.05, 0) is 32.3 Å². The molecule has 0 aromatic heterocycles. The van der Waals surface area contributed by atoms with Crippen LogP contribution >= 0.6 is 0 Å². The first-order chi connectivity index (χ1) is 6.78.